The zero-order valence-electron chi connectivity index (χ0n) is 19.0. The molecule has 5 rings (SSSR count). The number of hydrogen-bond acceptors (Lipinski definition) is 4. The van der Waals surface area contributed by atoms with Gasteiger partial charge in [-0.25, -0.2) is 5.01 Å². The van der Waals surface area contributed by atoms with Gasteiger partial charge in [-0.1, -0.05) is 34.8 Å². The summed E-state index contributed by atoms with van der Waals surface area (Å²) in [7, 11) is 0. The first-order valence-electron chi connectivity index (χ1n) is 11.7. The number of carbonyl (C=O) groups excluding carboxylic acids is 4. The number of amides is 3. The molecule has 0 unspecified atom stereocenters. The molecule has 1 aliphatic heterocycles. The molecule has 2 aromatic rings. The van der Waals surface area contributed by atoms with Crippen LogP contribution >= 0.6 is 46.4 Å². The lowest BCUT2D eigenvalue weighted by atomic mass is 9.81. The van der Waals surface area contributed by atoms with E-state index in [9.17, 15) is 19.2 Å². The van der Waals surface area contributed by atoms with Gasteiger partial charge in [0.2, 0.25) is 0 Å². The Morgan fingerprint density at radius 1 is 0.917 bits per heavy atom. The molecule has 2 bridgehead atoms. The number of alkyl halides is 1. The highest BCUT2D eigenvalue weighted by Gasteiger charge is 2.63. The van der Waals surface area contributed by atoms with Crippen LogP contribution in [0.25, 0.3) is 0 Å². The Kier molecular flexibility index (Phi) is 7.07. The summed E-state index contributed by atoms with van der Waals surface area (Å²) in [6.45, 7) is 0. The molecule has 3 amide bonds. The number of hydrogen-bond donors (Lipinski definition) is 0. The lowest BCUT2D eigenvalue weighted by Gasteiger charge is -2.37. The third-order valence-electron chi connectivity index (χ3n) is 7.60. The third-order valence-corrected chi connectivity index (χ3v) is 8.62. The van der Waals surface area contributed by atoms with E-state index in [1.807, 2.05) is 0 Å². The number of carbonyl (C=O) groups is 4. The first kappa shape index (κ1) is 25.5. The van der Waals surface area contributed by atoms with Crippen LogP contribution in [-0.4, -0.2) is 45.4 Å². The number of halogens is 4. The molecule has 6 nitrogen and oxygen atoms in total. The number of fused-ring (bicyclic) bond motifs is 5. The Hall–Kier alpha value is -2.12. The first-order valence-corrected chi connectivity index (χ1v) is 13.4. The molecular weight excluding hydrogens is 546 g/mol. The van der Waals surface area contributed by atoms with Crippen LogP contribution in [0.15, 0.2) is 42.5 Å². The van der Waals surface area contributed by atoms with Crippen molar-refractivity contribution < 1.29 is 19.2 Å². The second kappa shape index (κ2) is 9.97. The fourth-order valence-electron chi connectivity index (χ4n) is 6.04. The molecule has 1 saturated heterocycles. The zero-order valence-corrected chi connectivity index (χ0v) is 22.0. The van der Waals surface area contributed by atoms with Gasteiger partial charge in [0.15, 0.2) is 5.78 Å². The molecule has 3 fully saturated rings. The maximum absolute atomic E-state index is 14.0. The molecule has 10 heteroatoms. The molecule has 5 atom stereocenters. The van der Waals surface area contributed by atoms with Crippen LogP contribution in [0.4, 0.5) is 0 Å². The first-order chi connectivity index (χ1) is 17.2. The largest absolute Gasteiger partial charge is 0.292 e. The van der Waals surface area contributed by atoms with Gasteiger partial charge in [0.05, 0.1) is 22.4 Å². The van der Waals surface area contributed by atoms with Crippen molar-refractivity contribution in [1.82, 2.24) is 10.0 Å². The Labute approximate surface area is 228 Å². The number of rotatable bonds is 7. The van der Waals surface area contributed by atoms with E-state index in [0.29, 0.717) is 10.0 Å². The van der Waals surface area contributed by atoms with Gasteiger partial charge < -0.3 is 0 Å². The molecule has 0 spiro atoms. The minimum absolute atomic E-state index is 0.0104. The SMILES string of the molecule is O=C(c1ccc(Cl)cc1)[C@@H](CCCl)N(C(=O)c1ccc(Cl)cc1Cl)N1C(=O)[C@@H]2[C@H]3CC[C@@H](C3)[C@@H]2C1=O. The van der Waals surface area contributed by atoms with Crippen molar-refractivity contribution in [1.29, 1.82) is 0 Å². The van der Waals surface area contributed by atoms with E-state index in [4.69, 9.17) is 46.4 Å². The summed E-state index contributed by atoms with van der Waals surface area (Å²) in [5.41, 5.74) is 0.291. The highest BCUT2D eigenvalue weighted by Crippen LogP contribution is 2.56. The summed E-state index contributed by atoms with van der Waals surface area (Å²) >= 11 is 24.5. The minimum atomic E-state index is -1.22. The molecule has 0 aromatic heterocycles. The molecule has 1 heterocycles. The van der Waals surface area contributed by atoms with Crippen molar-refractivity contribution in [2.45, 2.75) is 31.7 Å². The molecule has 36 heavy (non-hydrogen) atoms. The predicted molar refractivity (Wildman–Crippen MR) is 137 cm³/mol. The maximum atomic E-state index is 14.0. The molecule has 2 saturated carbocycles. The summed E-state index contributed by atoms with van der Waals surface area (Å²) in [6.07, 6.45) is 2.61. The van der Waals surface area contributed by atoms with E-state index in [1.165, 1.54) is 30.3 Å². The van der Waals surface area contributed by atoms with Crippen molar-refractivity contribution >= 4 is 69.9 Å². The van der Waals surface area contributed by atoms with Crippen molar-refractivity contribution in [3.8, 4) is 0 Å². The van der Waals surface area contributed by atoms with E-state index >= 15 is 0 Å². The minimum Gasteiger partial charge on any atom is -0.292 e. The van der Waals surface area contributed by atoms with Gasteiger partial charge >= 0.3 is 0 Å². The average Bonchev–Trinajstić information content (AvgIpc) is 3.53. The van der Waals surface area contributed by atoms with Gasteiger partial charge in [0, 0.05) is 21.5 Å². The second-order valence-corrected chi connectivity index (χ2v) is 11.2. The van der Waals surface area contributed by atoms with Gasteiger partial charge in [0.1, 0.15) is 6.04 Å². The highest BCUT2D eigenvalue weighted by molar-refractivity contribution is 6.37. The zero-order chi connectivity index (χ0) is 25.7. The molecule has 0 N–H and O–H groups in total. The van der Waals surface area contributed by atoms with Crippen LogP contribution in [0.1, 0.15) is 46.4 Å². The van der Waals surface area contributed by atoms with Crippen LogP contribution < -0.4 is 0 Å². The molecular formula is C26H22Cl4N2O4. The Bertz CT molecular complexity index is 1220. The molecule has 2 aliphatic carbocycles. The molecule has 2 aromatic carbocycles. The van der Waals surface area contributed by atoms with Gasteiger partial charge in [-0.05, 0) is 80.0 Å². The number of Topliss-reactive ketones (excluding diaryl/α,β-unsaturated/α-hetero) is 1. The Balaban J connectivity index is 1.61. The van der Waals surface area contributed by atoms with Crippen molar-refractivity contribution in [2.75, 3.05) is 5.88 Å². The highest BCUT2D eigenvalue weighted by atomic mass is 35.5. The van der Waals surface area contributed by atoms with E-state index in [2.05, 4.69) is 0 Å². The van der Waals surface area contributed by atoms with E-state index in [-0.39, 0.29) is 40.3 Å². The smallest absolute Gasteiger partial charge is 0.275 e. The summed E-state index contributed by atoms with van der Waals surface area (Å²) in [5, 5.41) is 2.68. The third kappa shape index (κ3) is 4.22. The molecule has 3 aliphatic rings. The van der Waals surface area contributed by atoms with Gasteiger partial charge in [-0.2, -0.15) is 5.01 Å². The number of benzene rings is 2. The van der Waals surface area contributed by atoms with Crippen LogP contribution in [-0.2, 0) is 9.59 Å². The summed E-state index contributed by atoms with van der Waals surface area (Å²) in [4.78, 5) is 55.1. The summed E-state index contributed by atoms with van der Waals surface area (Å²) in [6, 6.07) is 9.27. The quantitative estimate of drug-likeness (QED) is 0.236. The topological polar surface area (TPSA) is 74.8 Å². The average molecular weight is 568 g/mol. The van der Waals surface area contributed by atoms with Crippen LogP contribution in [0.5, 0.6) is 0 Å². The second-order valence-electron chi connectivity index (χ2n) is 9.51. The van der Waals surface area contributed by atoms with E-state index < -0.39 is 41.4 Å². The van der Waals surface area contributed by atoms with Gasteiger partial charge in [-0.3, -0.25) is 19.2 Å². The Morgan fingerprint density at radius 3 is 2.06 bits per heavy atom. The number of nitrogens with zero attached hydrogens (tertiary/aromatic N) is 2. The number of ketones is 1. The van der Waals surface area contributed by atoms with Gasteiger partial charge in [0.25, 0.3) is 17.7 Å². The monoisotopic (exact) mass is 566 g/mol. The lowest BCUT2D eigenvalue weighted by Crippen LogP contribution is -2.58. The van der Waals surface area contributed by atoms with E-state index in [1.54, 1.807) is 12.1 Å². The fourth-order valence-corrected chi connectivity index (χ4v) is 6.86. The lowest BCUT2D eigenvalue weighted by molar-refractivity contribution is -0.157. The van der Waals surface area contributed by atoms with E-state index in [0.717, 1.165) is 29.3 Å². The number of imide groups is 1. The van der Waals surface area contributed by atoms with Crippen LogP contribution in [0, 0.1) is 23.7 Å². The van der Waals surface area contributed by atoms with Gasteiger partial charge in [-0.15, -0.1) is 11.6 Å². The maximum Gasteiger partial charge on any atom is 0.275 e. The van der Waals surface area contributed by atoms with Crippen LogP contribution in [0.3, 0.4) is 0 Å². The summed E-state index contributed by atoms with van der Waals surface area (Å²) < 4.78 is 0. The standard InChI is InChI=1S/C26H22Cl4N2O4/c27-10-9-20(23(33)13-3-5-16(28)6-4-13)31(24(34)18-8-7-17(29)12-19(18)30)32-25(35)21-14-1-2-15(11-14)22(21)26(32)36/h3-8,12,14-15,20-22H,1-2,9-11H2/t14-,15-,20+,21-,22+/m0/s1. The normalized spacial score (nSPS) is 25.3. The van der Waals surface area contributed by atoms with Crippen molar-refractivity contribution in [3.63, 3.8) is 0 Å². The molecule has 188 valence electrons. The summed E-state index contributed by atoms with van der Waals surface area (Å²) in [5.74, 6) is -2.83. The van der Waals surface area contributed by atoms with Crippen molar-refractivity contribution in [3.05, 3.63) is 68.7 Å². The predicted octanol–water partition coefficient (Wildman–Crippen LogP) is 5.92. The van der Waals surface area contributed by atoms with Crippen molar-refractivity contribution in [2.24, 2.45) is 23.7 Å². The Morgan fingerprint density at radius 2 is 1.50 bits per heavy atom. The van der Waals surface area contributed by atoms with Crippen LogP contribution in [0.2, 0.25) is 15.1 Å². The fraction of sp³-hybridized carbons (Fsp3) is 0.385. The number of hydrazine groups is 1. The molecule has 0 radical (unpaired) electrons.